The maximum absolute atomic E-state index is 12.0. The van der Waals surface area contributed by atoms with Crippen LogP contribution >= 0.6 is 0 Å². The van der Waals surface area contributed by atoms with Gasteiger partial charge in [0.2, 0.25) is 5.91 Å². The van der Waals surface area contributed by atoms with Crippen molar-refractivity contribution in [3.8, 4) is 5.75 Å². The van der Waals surface area contributed by atoms with E-state index in [4.69, 9.17) is 4.74 Å². The zero-order valence-corrected chi connectivity index (χ0v) is 13.2. The zero-order valence-electron chi connectivity index (χ0n) is 13.2. The number of carbonyl (C=O) groups is 2. The number of amides is 1. The molecule has 5 heteroatoms. The van der Waals surface area contributed by atoms with Gasteiger partial charge in [-0.1, -0.05) is 19.1 Å². The van der Waals surface area contributed by atoms with Gasteiger partial charge in [0.1, 0.15) is 5.75 Å². The Labute approximate surface area is 125 Å². The number of hydrogen-bond acceptors (Lipinski definition) is 3. The highest BCUT2D eigenvalue weighted by Crippen LogP contribution is 2.35. The zero-order chi connectivity index (χ0) is 16.2. The van der Waals surface area contributed by atoms with Crippen LogP contribution in [-0.4, -0.2) is 35.0 Å². The van der Waals surface area contributed by atoms with Gasteiger partial charge in [0.05, 0.1) is 7.11 Å². The van der Waals surface area contributed by atoms with Gasteiger partial charge in [0.15, 0.2) is 5.54 Å². The summed E-state index contributed by atoms with van der Waals surface area (Å²) in [4.78, 5) is 25.5. The van der Waals surface area contributed by atoms with Crippen LogP contribution in [0, 0.1) is 0 Å². The summed E-state index contributed by atoms with van der Waals surface area (Å²) in [7, 11) is 1.55. The average Bonchev–Trinajstić information content (AvgIpc) is 2.43. The van der Waals surface area contributed by atoms with Crippen molar-refractivity contribution >= 4 is 11.9 Å². The molecule has 1 aromatic rings. The van der Waals surface area contributed by atoms with Crippen LogP contribution in [-0.2, 0) is 15.1 Å². The fourth-order valence-electron chi connectivity index (χ4n) is 2.83. The van der Waals surface area contributed by atoms with Gasteiger partial charge in [-0.3, -0.25) is 4.79 Å². The number of carboxylic acid groups (broad SMARTS) is 1. The van der Waals surface area contributed by atoms with E-state index in [0.29, 0.717) is 11.3 Å². The van der Waals surface area contributed by atoms with Crippen LogP contribution in [0.1, 0.15) is 39.7 Å². The Hall–Kier alpha value is -2.04. The number of ether oxygens (including phenoxy) is 1. The first-order valence-electron chi connectivity index (χ1n) is 6.99. The Morgan fingerprint density at radius 1 is 1.29 bits per heavy atom. The van der Waals surface area contributed by atoms with E-state index in [0.717, 1.165) is 0 Å². The Bertz CT molecular complexity index is 510. The standard InChI is InChI=1S/C16H23NO4/c1-6-16(15(19)20,17(11(2)3)12(4)18)13-7-9-14(21-5)10-8-13/h7-11H,6H2,1-5H3,(H,19,20). The number of carboxylic acids is 1. The summed E-state index contributed by atoms with van der Waals surface area (Å²) < 4.78 is 5.10. The second-order valence-corrected chi connectivity index (χ2v) is 5.23. The summed E-state index contributed by atoms with van der Waals surface area (Å²) in [5.74, 6) is -0.641. The van der Waals surface area contributed by atoms with Gasteiger partial charge < -0.3 is 14.7 Å². The van der Waals surface area contributed by atoms with E-state index in [2.05, 4.69) is 0 Å². The van der Waals surface area contributed by atoms with Gasteiger partial charge >= 0.3 is 5.97 Å². The van der Waals surface area contributed by atoms with Crippen LogP contribution in [0.3, 0.4) is 0 Å². The Morgan fingerprint density at radius 2 is 1.81 bits per heavy atom. The second-order valence-electron chi connectivity index (χ2n) is 5.23. The fourth-order valence-corrected chi connectivity index (χ4v) is 2.83. The van der Waals surface area contributed by atoms with E-state index in [1.807, 2.05) is 13.8 Å². The SMILES string of the molecule is CCC(C(=O)O)(c1ccc(OC)cc1)N(C(C)=O)C(C)C. The first-order valence-corrected chi connectivity index (χ1v) is 6.99. The molecular weight excluding hydrogens is 270 g/mol. The molecular formula is C16H23NO4. The smallest absolute Gasteiger partial charge is 0.334 e. The highest BCUT2D eigenvalue weighted by Gasteiger charge is 2.47. The summed E-state index contributed by atoms with van der Waals surface area (Å²) in [6, 6.07) is 6.60. The fraction of sp³-hybridized carbons (Fsp3) is 0.500. The minimum atomic E-state index is -1.37. The minimum Gasteiger partial charge on any atom is -0.497 e. The van der Waals surface area contributed by atoms with Crippen molar-refractivity contribution in [2.45, 2.75) is 45.7 Å². The molecule has 1 atom stereocenters. The lowest BCUT2D eigenvalue weighted by atomic mass is 9.84. The lowest BCUT2D eigenvalue weighted by Gasteiger charge is -2.42. The van der Waals surface area contributed by atoms with Gasteiger partial charge in [0, 0.05) is 13.0 Å². The molecule has 0 aliphatic heterocycles. The molecule has 0 radical (unpaired) electrons. The van der Waals surface area contributed by atoms with Crippen LogP contribution in [0.15, 0.2) is 24.3 Å². The number of nitrogens with zero attached hydrogens (tertiary/aromatic N) is 1. The van der Waals surface area contributed by atoms with Crippen molar-refractivity contribution < 1.29 is 19.4 Å². The van der Waals surface area contributed by atoms with Crippen molar-refractivity contribution in [3.63, 3.8) is 0 Å². The number of hydrogen-bond donors (Lipinski definition) is 1. The molecule has 0 spiro atoms. The summed E-state index contributed by atoms with van der Waals surface area (Å²) in [6.45, 7) is 6.81. The van der Waals surface area contributed by atoms with Gasteiger partial charge in [-0.2, -0.15) is 0 Å². The van der Waals surface area contributed by atoms with Crippen molar-refractivity contribution in [1.29, 1.82) is 0 Å². The Kier molecular flexibility index (Phi) is 5.35. The number of methoxy groups -OCH3 is 1. The molecule has 0 heterocycles. The van der Waals surface area contributed by atoms with Gasteiger partial charge in [-0.25, -0.2) is 4.79 Å². The molecule has 0 saturated heterocycles. The molecule has 1 aromatic carbocycles. The lowest BCUT2D eigenvalue weighted by molar-refractivity contribution is -0.162. The Balaban J connectivity index is 3.50. The van der Waals surface area contributed by atoms with Crippen LogP contribution in [0.2, 0.25) is 0 Å². The summed E-state index contributed by atoms with van der Waals surface area (Å²) in [5.41, 5.74) is -0.797. The number of rotatable bonds is 6. The second kappa shape index (κ2) is 6.61. The number of carbonyl (C=O) groups excluding carboxylic acids is 1. The maximum Gasteiger partial charge on any atom is 0.334 e. The molecule has 5 nitrogen and oxygen atoms in total. The topological polar surface area (TPSA) is 66.8 Å². The predicted octanol–water partition coefficient (Wildman–Crippen LogP) is 2.64. The van der Waals surface area contributed by atoms with E-state index in [-0.39, 0.29) is 18.4 Å². The van der Waals surface area contributed by atoms with Crippen LogP contribution < -0.4 is 4.74 Å². The normalized spacial score (nSPS) is 13.6. The van der Waals surface area contributed by atoms with Gasteiger partial charge in [-0.05, 0) is 38.0 Å². The summed E-state index contributed by atoms with van der Waals surface area (Å²) in [6.07, 6.45) is 0.284. The molecule has 1 amide bonds. The number of benzene rings is 1. The third-order valence-electron chi connectivity index (χ3n) is 3.70. The molecule has 1 unspecified atom stereocenters. The quantitative estimate of drug-likeness (QED) is 0.875. The predicted molar refractivity (Wildman–Crippen MR) is 80.3 cm³/mol. The maximum atomic E-state index is 12.0. The first kappa shape index (κ1) is 17.0. The minimum absolute atomic E-state index is 0.222. The highest BCUT2D eigenvalue weighted by atomic mass is 16.5. The molecule has 0 saturated carbocycles. The molecule has 1 N–H and O–H groups in total. The molecule has 0 aliphatic carbocycles. The van der Waals surface area contributed by atoms with E-state index < -0.39 is 11.5 Å². The summed E-state index contributed by atoms with van der Waals surface area (Å²) >= 11 is 0. The molecule has 0 aliphatic rings. The van der Waals surface area contributed by atoms with Crippen molar-refractivity contribution in [3.05, 3.63) is 29.8 Å². The molecule has 1 rings (SSSR count). The third kappa shape index (κ3) is 3.01. The van der Waals surface area contributed by atoms with Crippen LogP contribution in [0.4, 0.5) is 0 Å². The molecule has 0 fully saturated rings. The van der Waals surface area contributed by atoms with E-state index in [1.54, 1.807) is 38.3 Å². The van der Waals surface area contributed by atoms with Crippen LogP contribution in [0.25, 0.3) is 0 Å². The lowest BCUT2D eigenvalue weighted by Crippen LogP contribution is -2.56. The molecule has 0 bridgehead atoms. The van der Waals surface area contributed by atoms with Crippen molar-refractivity contribution in [2.24, 2.45) is 0 Å². The third-order valence-corrected chi connectivity index (χ3v) is 3.70. The molecule has 21 heavy (non-hydrogen) atoms. The molecule has 116 valence electrons. The van der Waals surface area contributed by atoms with Gasteiger partial charge in [-0.15, -0.1) is 0 Å². The van der Waals surface area contributed by atoms with E-state index in [1.165, 1.54) is 11.8 Å². The average molecular weight is 293 g/mol. The largest absolute Gasteiger partial charge is 0.497 e. The van der Waals surface area contributed by atoms with E-state index >= 15 is 0 Å². The van der Waals surface area contributed by atoms with Crippen molar-refractivity contribution in [1.82, 2.24) is 4.90 Å². The number of aliphatic carboxylic acids is 1. The van der Waals surface area contributed by atoms with Crippen molar-refractivity contribution in [2.75, 3.05) is 7.11 Å². The van der Waals surface area contributed by atoms with Gasteiger partial charge in [0.25, 0.3) is 0 Å². The monoisotopic (exact) mass is 293 g/mol. The molecule has 0 aromatic heterocycles. The highest BCUT2D eigenvalue weighted by molar-refractivity contribution is 5.87. The Morgan fingerprint density at radius 3 is 2.10 bits per heavy atom. The van der Waals surface area contributed by atoms with Crippen LogP contribution in [0.5, 0.6) is 5.75 Å². The first-order chi connectivity index (χ1) is 9.81. The van der Waals surface area contributed by atoms with E-state index in [9.17, 15) is 14.7 Å². The summed E-state index contributed by atoms with van der Waals surface area (Å²) in [5, 5.41) is 9.85.